The van der Waals surface area contributed by atoms with Crippen LogP contribution in [0.3, 0.4) is 0 Å². The number of aliphatic hydroxyl groups excluding tert-OH is 1. The van der Waals surface area contributed by atoms with E-state index in [1.165, 1.54) is 0 Å². The van der Waals surface area contributed by atoms with Gasteiger partial charge < -0.3 is 10.00 Å². The zero-order chi connectivity index (χ0) is 7.98. The molecule has 9 heteroatoms. The Balaban J connectivity index is 0. The van der Waals surface area contributed by atoms with Crippen LogP contribution >= 0.6 is 16.5 Å². The summed E-state index contributed by atoms with van der Waals surface area (Å²) >= 11 is 0. The van der Waals surface area contributed by atoms with E-state index in [2.05, 4.69) is 8.83 Å². The van der Waals surface area contributed by atoms with Crippen molar-refractivity contribution >= 4 is 16.5 Å². The van der Waals surface area contributed by atoms with E-state index < -0.39 is 16.5 Å². The van der Waals surface area contributed by atoms with Gasteiger partial charge in [0.25, 0.3) is 0 Å². The van der Waals surface area contributed by atoms with Crippen molar-refractivity contribution in [3.05, 3.63) is 0 Å². The first kappa shape index (κ1) is 15.2. The van der Waals surface area contributed by atoms with Gasteiger partial charge in [-0.3, -0.25) is 0 Å². The van der Waals surface area contributed by atoms with Crippen LogP contribution in [0.4, 0.5) is 0 Å². The molecule has 0 aliphatic carbocycles. The molecule has 58 valence electrons. The van der Waals surface area contributed by atoms with Crippen LogP contribution in [-0.4, -0.2) is 18.3 Å². The second kappa shape index (κ2) is 9.76. The Bertz CT molecular complexity index is 139. The smallest absolute Gasteiger partial charge is 0.563 e. The molecule has 0 saturated carbocycles. The monoisotopic (exact) mass is 226 g/mol. The van der Waals surface area contributed by atoms with Gasteiger partial charge in [-0.1, -0.05) is 0 Å². The van der Waals surface area contributed by atoms with Crippen LogP contribution in [0.5, 0.6) is 0 Å². The van der Waals surface area contributed by atoms with Crippen LogP contribution in [0.25, 0.3) is 0 Å². The van der Waals surface area contributed by atoms with Crippen LogP contribution < -0.4 is 56.3 Å². The fourth-order valence-corrected chi connectivity index (χ4v) is 1.05. The average molecular weight is 226 g/mol. The van der Waals surface area contributed by atoms with Crippen LogP contribution in [0.2, 0.25) is 0 Å². The van der Waals surface area contributed by atoms with Gasteiger partial charge in [0.15, 0.2) is 0 Å². The molecule has 2 unspecified atom stereocenters. The van der Waals surface area contributed by atoms with Gasteiger partial charge in [-0.15, -0.1) is 4.52 Å². The quantitative estimate of drug-likeness (QED) is 0.389. The molecule has 6 nitrogen and oxygen atoms in total. The minimum absolute atomic E-state index is 0. The first-order chi connectivity index (χ1) is 4.66. The van der Waals surface area contributed by atoms with E-state index in [0.29, 0.717) is 0 Å². The van der Waals surface area contributed by atoms with Crippen LogP contribution in [0.1, 0.15) is 0 Å². The van der Waals surface area contributed by atoms with Crippen molar-refractivity contribution in [3.8, 4) is 0 Å². The van der Waals surface area contributed by atoms with Crippen LogP contribution in [0, 0.1) is 0 Å². The Morgan fingerprint density at radius 3 is 2.36 bits per heavy atom. The topological polar surface area (TPSA) is 95.9 Å². The molecule has 0 aliphatic rings. The van der Waals surface area contributed by atoms with E-state index in [1.807, 2.05) is 0 Å². The normalized spacial score (nSPS) is 11.8. The minimum Gasteiger partial charge on any atom is -0.563 e. The third kappa shape index (κ3) is 11.7. The molecule has 0 aromatic heterocycles. The molecule has 0 spiro atoms. The predicted octanol–water partition coefficient (Wildman–Crippen LogP) is -3.31. The Kier molecular flexibility index (Phi) is 13.5. The van der Waals surface area contributed by atoms with Gasteiger partial charge in [-0.25, -0.2) is 0 Å². The molecule has 0 bridgehead atoms. The van der Waals surface area contributed by atoms with E-state index in [0.717, 1.165) is 0 Å². The fraction of sp³-hybridized carbons (Fsp3) is 1.00. The average Bonchev–Trinajstić information content (AvgIpc) is 1.82. The summed E-state index contributed by atoms with van der Waals surface area (Å²) in [6.07, 6.45) is 0. The Morgan fingerprint density at radius 1 is 1.45 bits per heavy atom. The van der Waals surface area contributed by atoms with Gasteiger partial charge in [0, 0.05) is 4.57 Å². The van der Waals surface area contributed by atoms with Gasteiger partial charge in [-0.2, -0.15) is 0 Å². The SMILES string of the molecule is O=[P+]([O-])O[P+](=O)OCCO.[K+]. The molecular formula is C2H5KO6P2+2. The van der Waals surface area contributed by atoms with Crippen molar-refractivity contribution < 1.29 is 79.3 Å². The molecule has 2 atom stereocenters. The molecule has 1 N–H and O–H groups in total. The van der Waals surface area contributed by atoms with Crippen molar-refractivity contribution in [2.75, 3.05) is 13.2 Å². The Labute approximate surface area is 108 Å². The zero-order valence-corrected chi connectivity index (χ0v) is 10.7. The molecule has 0 heterocycles. The maximum absolute atomic E-state index is 10.2. The van der Waals surface area contributed by atoms with Gasteiger partial charge >= 0.3 is 67.9 Å². The van der Waals surface area contributed by atoms with E-state index in [9.17, 15) is 14.0 Å². The standard InChI is InChI=1S/C2H5O6P2.K/c3-1-2-7-10(6)8-9(4)5;/h3H,1-2H2;/q2*+1. The molecular weight excluding hydrogens is 221 g/mol. The number of hydrogen-bond donors (Lipinski definition) is 1. The molecule has 0 rings (SSSR count). The van der Waals surface area contributed by atoms with Gasteiger partial charge in [0.2, 0.25) is 0 Å². The minimum atomic E-state index is -3.15. The first-order valence-electron chi connectivity index (χ1n) is 2.20. The van der Waals surface area contributed by atoms with Crippen LogP contribution in [-0.2, 0) is 18.0 Å². The predicted molar refractivity (Wildman–Crippen MR) is 29.3 cm³/mol. The zero-order valence-electron chi connectivity index (χ0n) is 5.80. The number of aliphatic hydroxyl groups is 1. The molecule has 0 fully saturated rings. The van der Waals surface area contributed by atoms with Gasteiger partial charge in [0.05, 0.1) is 6.61 Å². The molecule has 0 aromatic rings. The molecule has 0 saturated heterocycles. The van der Waals surface area contributed by atoms with Gasteiger partial charge in [0.1, 0.15) is 10.9 Å². The van der Waals surface area contributed by atoms with Crippen LogP contribution in [0.15, 0.2) is 0 Å². The number of hydrogen-bond acceptors (Lipinski definition) is 6. The molecule has 0 aromatic carbocycles. The summed E-state index contributed by atoms with van der Waals surface area (Å²) in [6, 6.07) is 0. The second-order valence-corrected chi connectivity index (χ2v) is 2.89. The summed E-state index contributed by atoms with van der Waals surface area (Å²) in [5.74, 6) is 0. The third-order valence-corrected chi connectivity index (χ3v) is 1.88. The molecule has 0 aliphatic heterocycles. The van der Waals surface area contributed by atoms with Crippen molar-refractivity contribution in [3.63, 3.8) is 0 Å². The van der Waals surface area contributed by atoms with E-state index in [-0.39, 0.29) is 64.6 Å². The Morgan fingerprint density at radius 2 is 2.00 bits per heavy atom. The fourth-order valence-electron chi connectivity index (χ4n) is 0.193. The van der Waals surface area contributed by atoms with Crippen molar-refractivity contribution in [1.82, 2.24) is 0 Å². The van der Waals surface area contributed by atoms with Crippen molar-refractivity contribution in [2.24, 2.45) is 0 Å². The third-order valence-electron chi connectivity index (χ3n) is 0.421. The first-order valence-corrected chi connectivity index (χ1v) is 4.39. The molecule has 0 amide bonds. The number of rotatable bonds is 5. The summed E-state index contributed by atoms with van der Waals surface area (Å²) in [7, 11) is -5.78. The second-order valence-electron chi connectivity index (χ2n) is 1.09. The van der Waals surface area contributed by atoms with Gasteiger partial charge in [-0.05, 0) is 4.57 Å². The summed E-state index contributed by atoms with van der Waals surface area (Å²) in [5, 5.41) is 8.09. The van der Waals surface area contributed by atoms with E-state index in [1.54, 1.807) is 0 Å². The maximum Gasteiger partial charge on any atom is 1.00 e. The van der Waals surface area contributed by atoms with Crippen molar-refractivity contribution in [2.45, 2.75) is 0 Å². The largest absolute Gasteiger partial charge is 1.00 e. The summed E-state index contributed by atoms with van der Waals surface area (Å²) in [4.78, 5) is 9.66. The van der Waals surface area contributed by atoms with Crippen molar-refractivity contribution in [1.29, 1.82) is 0 Å². The Hall–Kier alpha value is 1.68. The summed E-state index contributed by atoms with van der Waals surface area (Å²) in [5.41, 5.74) is 0. The summed E-state index contributed by atoms with van der Waals surface area (Å²) < 4.78 is 27.7. The van der Waals surface area contributed by atoms with E-state index in [4.69, 9.17) is 5.11 Å². The molecule has 11 heavy (non-hydrogen) atoms. The molecule has 0 radical (unpaired) electrons. The maximum atomic E-state index is 10.2. The summed E-state index contributed by atoms with van der Waals surface area (Å²) in [6.45, 7) is -0.543. The van der Waals surface area contributed by atoms with E-state index >= 15 is 0 Å².